The number of aliphatic hydroxyl groups excluding tert-OH is 1. The first-order valence-corrected chi connectivity index (χ1v) is 7.17. The predicted molar refractivity (Wildman–Crippen MR) is 71.0 cm³/mol. The molecule has 1 aliphatic heterocycles. The molecule has 0 bridgehead atoms. The molecular formula is C14H28N2O. The molecule has 0 aromatic rings. The van der Waals surface area contributed by atoms with Crippen LogP contribution in [0.5, 0.6) is 0 Å². The zero-order valence-corrected chi connectivity index (χ0v) is 11.5. The number of β-amino-alcohol motifs (C(OH)–C–C–N with tert-alkyl or cyclic N) is 1. The molecule has 100 valence electrons. The Hall–Kier alpha value is -0.120. The molecule has 0 radical (unpaired) electrons. The van der Waals surface area contributed by atoms with Crippen molar-refractivity contribution in [3.63, 3.8) is 0 Å². The SMILES string of the molecule is CNC1CC(C)CC(C)C1CN1CCC(O)C1. The minimum atomic E-state index is -0.0825. The lowest BCUT2D eigenvalue weighted by Crippen LogP contribution is -2.47. The summed E-state index contributed by atoms with van der Waals surface area (Å²) < 4.78 is 0. The van der Waals surface area contributed by atoms with E-state index in [0.717, 1.165) is 43.8 Å². The fourth-order valence-electron chi connectivity index (χ4n) is 3.83. The molecule has 1 saturated heterocycles. The molecular weight excluding hydrogens is 212 g/mol. The van der Waals surface area contributed by atoms with Gasteiger partial charge in [-0.25, -0.2) is 0 Å². The highest BCUT2D eigenvalue weighted by Gasteiger charge is 2.35. The van der Waals surface area contributed by atoms with Crippen molar-refractivity contribution in [3.05, 3.63) is 0 Å². The van der Waals surface area contributed by atoms with Crippen LogP contribution in [0.1, 0.15) is 33.1 Å². The van der Waals surface area contributed by atoms with Gasteiger partial charge < -0.3 is 15.3 Å². The zero-order chi connectivity index (χ0) is 12.4. The van der Waals surface area contributed by atoms with E-state index in [0.29, 0.717) is 6.04 Å². The van der Waals surface area contributed by atoms with Gasteiger partial charge in [-0.15, -0.1) is 0 Å². The van der Waals surface area contributed by atoms with Crippen molar-refractivity contribution in [1.82, 2.24) is 10.2 Å². The third-order valence-electron chi connectivity index (χ3n) is 4.77. The van der Waals surface area contributed by atoms with Crippen LogP contribution in [0.25, 0.3) is 0 Å². The summed E-state index contributed by atoms with van der Waals surface area (Å²) >= 11 is 0. The fraction of sp³-hybridized carbons (Fsp3) is 1.00. The Bertz CT molecular complexity index is 246. The van der Waals surface area contributed by atoms with E-state index in [1.807, 2.05) is 0 Å². The van der Waals surface area contributed by atoms with Crippen molar-refractivity contribution in [2.45, 2.75) is 45.3 Å². The van der Waals surface area contributed by atoms with E-state index < -0.39 is 0 Å². The van der Waals surface area contributed by atoms with Crippen LogP contribution < -0.4 is 5.32 Å². The van der Waals surface area contributed by atoms with Crippen LogP contribution in [-0.2, 0) is 0 Å². The number of likely N-dealkylation sites (tertiary alicyclic amines) is 1. The summed E-state index contributed by atoms with van der Waals surface area (Å²) in [5.74, 6) is 2.40. The molecule has 3 heteroatoms. The molecule has 1 aliphatic carbocycles. The Morgan fingerprint density at radius 2 is 2.06 bits per heavy atom. The lowest BCUT2D eigenvalue weighted by atomic mass is 9.72. The average Bonchev–Trinajstić information content (AvgIpc) is 2.67. The number of nitrogens with one attached hydrogen (secondary N) is 1. The van der Waals surface area contributed by atoms with Crippen LogP contribution in [0.15, 0.2) is 0 Å². The number of hydrogen-bond donors (Lipinski definition) is 2. The zero-order valence-electron chi connectivity index (χ0n) is 11.5. The van der Waals surface area contributed by atoms with Gasteiger partial charge in [0.1, 0.15) is 0 Å². The van der Waals surface area contributed by atoms with E-state index >= 15 is 0 Å². The van der Waals surface area contributed by atoms with Crippen LogP contribution in [0.2, 0.25) is 0 Å². The van der Waals surface area contributed by atoms with Gasteiger partial charge in [0, 0.05) is 25.7 Å². The van der Waals surface area contributed by atoms with Crippen LogP contribution in [0, 0.1) is 17.8 Å². The van der Waals surface area contributed by atoms with Crippen LogP contribution in [0.4, 0.5) is 0 Å². The number of nitrogens with zero attached hydrogens (tertiary/aromatic N) is 1. The van der Waals surface area contributed by atoms with E-state index in [1.165, 1.54) is 12.8 Å². The van der Waals surface area contributed by atoms with Crippen molar-refractivity contribution < 1.29 is 5.11 Å². The van der Waals surface area contributed by atoms with Crippen LogP contribution in [0.3, 0.4) is 0 Å². The molecule has 0 aromatic carbocycles. The number of hydrogen-bond acceptors (Lipinski definition) is 3. The molecule has 1 heterocycles. The Balaban J connectivity index is 1.92. The Labute approximate surface area is 106 Å². The summed E-state index contributed by atoms with van der Waals surface area (Å²) in [6.07, 6.45) is 3.55. The van der Waals surface area contributed by atoms with Gasteiger partial charge in [0.05, 0.1) is 6.10 Å². The third-order valence-corrected chi connectivity index (χ3v) is 4.77. The largest absolute Gasteiger partial charge is 0.392 e. The number of rotatable bonds is 3. The molecule has 1 saturated carbocycles. The van der Waals surface area contributed by atoms with Crippen molar-refractivity contribution in [3.8, 4) is 0 Å². The summed E-state index contributed by atoms with van der Waals surface area (Å²) in [6.45, 7) is 7.90. The van der Waals surface area contributed by atoms with Gasteiger partial charge in [-0.05, 0) is 44.1 Å². The molecule has 3 nitrogen and oxygen atoms in total. The summed E-state index contributed by atoms with van der Waals surface area (Å²) in [5, 5.41) is 13.1. The van der Waals surface area contributed by atoms with Gasteiger partial charge in [0.15, 0.2) is 0 Å². The van der Waals surface area contributed by atoms with E-state index in [1.54, 1.807) is 0 Å². The summed E-state index contributed by atoms with van der Waals surface area (Å²) in [4.78, 5) is 2.45. The smallest absolute Gasteiger partial charge is 0.0679 e. The van der Waals surface area contributed by atoms with Crippen LogP contribution in [-0.4, -0.2) is 48.8 Å². The van der Waals surface area contributed by atoms with E-state index in [-0.39, 0.29) is 6.10 Å². The minimum Gasteiger partial charge on any atom is -0.392 e. The minimum absolute atomic E-state index is 0.0825. The quantitative estimate of drug-likeness (QED) is 0.781. The Kier molecular flexibility index (Phi) is 4.45. The van der Waals surface area contributed by atoms with Crippen LogP contribution >= 0.6 is 0 Å². The van der Waals surface area contributed by atoms with Gasteiger partial charge in [0.25, 0.3) is 0 Å². The highest BCUT2D eigenvalue weighted by atomic mass is 16.3. The lowest BCUT2D eigenvalue weighted by molar-refractivity contribution is 0.105. The van der Waals surface area contributed by atoms with Gasteiger partial charge in [-0.2, -0.15) is 0 Å². The first-order chi connectivity index (χ1) is 8.10. The molecule has 2 rings (SSSR count). The maximum Gasteiger partial charge on any atom is 0.0679 e. The Morgan fingerprint density at radius 3 is 2.65 bits per heavy atom. The second-order valence-electron chi connectivity index (χ2n) is 6.31. The number of aliphatic hydroxyl groups is 1. The summed E-state index contributed by atoms with van der Waals surface area (Å²) in [6, 6.07) is 0.659. The first kappa shape index (κ1) is 13.3. The second-order valence-corrected chi connectivity index (χ2v) is 6.31. The molecule has 0 aromatic heterocycles. The van der Waals surface area contributed by atoms with Gasteiger partial charge in [-0.1, -0.05) is 13.8 Å². The first-order valence-electron chi connectivity index (χ1n) is 7.17. The molecule has 0 amide bonds. The molecule has 5 unspecified atom stereocenters. The summed E-state index contributed by atoms with van der Waals surface area (Å²) in [5.41, 5.74) is 0. The highest BCUT2D eigenvalue weighted by molar-refractivity contribution is 4.90. The Morgan fingerprint density at radius 1 is 1.29 bits per heavy atom. The van der Waals surface area contributed by atoms with E-state index in [9.17, 15) is 5.11 Å². The van der Waals surface area contributed by atoms with Crippen molar-refractivity contribution in [1.29, 1.82) is 0 Å². The molecule has 2 fully saturated rings. The van der Waals surface area contributed by atoms with Crippen molar-refractivity contribution >= 4 is 0 Å². The second kappa shape index (κ2) is 5.68. The molecule has 2 aliphatic rings. The topological polar surface area (TPSA) is 35.5 Å². The van der Waals surface area contributed by atoms with Gasteiger partial charge in [-0.3, -0.25) is 0 Å². The van der Waals surface area contributed by atoms with E-state index in [4.69, 9.17) is 0 Å². The molecule has 17 heavy (non-hydrogen) atoms. The average molecular weight is 240 g/mol. The normalized spacial score (nSPS) is 44.1. The third kappa shape index (κ3) is 3.21. The fourth-order valence-corrected chi connectivity index (χ4v) is 3.83. The molecule has 2 N–H and O–H groups in total. The lowest BCUT2D eigenvalue weighted by Gasteiger charge is -2.41. The predicted octanol–water partition coefficient (Wildman–Crippen LogP) is 1.32. The summed E-state index contributed by atoms with van der Waals surface area (Å²) in [7, 11) is 2.10. The maximum absolute atomic E-state index is 9.60. The highest BCUT2D eigenvalue weighted by Crippen LogP contribution is 2.34. The van der Waals surface area contributed by atoms with Gasteiger partial charge in [0.2, 0.25) is 0 Å². The maximum atomic E-state index is 9.60. The van der Waals surface area contributed by atoms with Crippen molar-refractivity contribution in [2.75, 3.05) is 26.7 Å². The van der Waals surface area contributed by atoms with E-state index in [2.05, 4.69) is 31.1 Å². The van der Waals surface area contributed by atoms with Crippen molar-refractivity contribution in [2.24, 2.45) is 17.8 Å². The monoisotopic (exact) mass is 240 g/mol. The van der Waals surface area contributed by atoms with Gasteiger partial charge >= 0.3 is 0 Å². The molecule has 0 spiro atoms. The molecule has 5 atom stereocenters. The standard InChI is InChI=1S/C14H28N2O/c1-10-6-11(2)13(14(7-10)15-3)9-16-5-4-12(17)8-16/h10-15,17H,4-9H2,1-3H3.